The number of amides is 1. The van der Waals surface area contributed by atoms with Gasteiger partial charge in [0.15, 0.2) is 5.82 Å². The molecule has 2 rings (SSSR count). The first kappa shape index (κ1) is 12.7. The minimum absolute atomic E-state index is 0.0806. The minimum atomic E-state index is -1.01. The number of hydrogen-bond acceptors (Lipinski definition) is 4. The first-order valence-electron chi connectivity index (χ1n) is 5.63. The average molecular weight is 260 g/mol. The van der Waals surface area contributed by atoms with Gasteiger partial charge < -0.3 is 10.4 Å². The molecule has 7 heteroatoms. The lowest BCUT2D eigenvalue weighted by molar-refractivity contribution is -0.138. The Morgan fingerprint density at radius 3 is 2.79 bits per heavy atom. The van der Waals surface area contributed by atoms with Crippen LogP contribution in [0.1, 0.15) is 12.8 Å². The molecule has 98 valence electrons. The van der Waals surface area contributed by atoms with E-state index in [-0.39, 0.29) is 18.7 Å². The summed E-state index contributed by atoms with van der Waals surface area (Å²) in [4.78, 5) is 26.1. The lowest BCUT2D eigenvalue weighted by Crippen LogP contribution is -2.15. The fraction of sp³-hybridized carbons (Fsp3) is 0.167. The van der Waals surface area contributed by atoms with Crippen molar-refractivity contribution in [3.05, 3.63) is 36.8 Å². The normalized spacial score (nSPS) is 10.1. The van der Waals surface area contributed by atoms with Crippen LogP contribution in [0.2, 0.25) is 0 Å². The topological polar surface area (TPSA) is 97.1 Å². The van der Waals surface area contributed by atoms with Gasteiger partial charge in [0.2, 0.25) is 5.91 Å². The van der Waals surface area contributed by atoms with Crippen LogP contribution in [0, 0.1) is 0 Å². The summed E-state index contributed by atoms with van der Waals surface area (Å²) < 4.78 is 1.52. The van der Waals surface area contributed by atoms with Crippen molar-refractivity contribution < 1.29 is 14.7 Å². The van der Waals surface area contributed by atoms with E-state index in [1.165, 1.54) is 4.68 Å². The molecule has 0 aliphatic rings. The van der Waals surface area contributed by atoms with Gasteiger partial charge in [-0.2, -0.15) is 5.10 Å². The van der Waals surface area contributed by atoms with Crippen molar-refractivity contribution in [2.75, 3.05) is 5.32 Å². The number of carbonyl (C=O) groups excluding carboxylic acids is 1. The molecular formula is C12H12N4O3. The van der Waals surface area contributed by atoms with Crippen molar-refractivity contribution in [2.24, 2.45) is 0 Å². The molecule has 0 aliphatic heterocycles. The van der Waals surface area contributed by atoms with Crippen LogP contribution in [0.3, 0.4) is 0 Å². The molecule has 0 atom stereocenters. The Hall–Kier alpha value is -2.70. The predicted molar refractivity (Wildman–Crippen MR) is 66.9 cm³/mol. The summed E-state index contributed by atoms with van der Waals surface area (Å²) in [5, 5.41) is 15.2. The lowest BCUT2D eigenvalue weighted by atomic mass is 10.3. The van der Waals surface area contributed by atoms with Gasteiger partial charge in [-0.1, -0.05) is 0 Å². The largest absolute Gasteiger partial charge is 0.481 e. The molecule has 0 radical (unpaired) electrons. The van der Waals surface area contributed by atoms with E-state index in [1.54, 1.807) is 36.8 Å². The van der Waals surface area contributed by atoms with Crippen LogP contribution in [-0.4, -0.2) is 31.7 Å². The zero-order valence-electron chi connectivity index (χ0n) is 9.98. The summed E-state index contributed by atoms with van der Waals surface area (Å²) in [5.74, 6) is -0.895. The average Bonchev–Trinajstić information content (AvgIpc) is 2.91. The van der Waals surface area contributed by atoms with Crippen LogP contribution in [-0.2, 0) is 9.59 Å². The van der Waals surface area contributed by atoms with Crippen molar-refractivity contribution in [3.63, 3.8) is 0 Å². The monoisotopic (exact) mass is 260 g/mol. The molecule has 2 aromatic rings. The number of pyridine rings is 1. The van der Waals surface area contributed by atoms with Crippen LogP contribution in [0.4, 0.5) is 5.69 Å². The number of rotatable bonds is 5. The third kappa shape index (κ3) is 3.38. The number of aliphatic carboxylic acids is 1. The van der Waals surface area contributed by atoms with Crippen LogP contribution in [0.25, 0.3) is 5.82 Å². The Morgan fingerprint density at radius 1 is 1.26 bits per heavy atom. The second-order valence-electron chi connectivity index (χ2n) is 3.77. The number of anilines is 1. The lowest BCUT2D eigenvalue weighted by Gasteiger charge is -2.09. The summed E-state index contributed by atoms with van der Waals surface area (Å²) in [5.41, 5.74) is 0.488. The molecule has 0 saturated carbocycles. The summed E-state index contributed by atoms with van der Waals surface area (Å²) in [6, 6.07) is 5.10. The number of nitrogens with zero attached hydrogens (tertiary/aromatic N) is 3. The van der Waals surface area contributed by atoms with Crippen LogP contribution >= 0.6 is 0 Å². The summed E-state index contributed by atoms with van der Waals surface area (Å²) >= 11 is 0. The molecule has 0 fully saturated rings. The Kier molecular flexibility index (Phi) is 3.87. The fourth-order valence-electron chi connectivity index (χ4n) is 1.50. The second kappa shape index (κ2) is 5.76. The van der Waals surface area contributed by atoms with E-state index in [0.29, 0.717) is 11.5 Å². The molecule has 0 aromatic carbocycles. The Bertz CT molecular complexity index is 580. The number of carboxylic acid groups (broad SMARTS) is 1. The van der Waals surface area contributed by atoms with E-state index in [9.17, 15) is 9.59 Å². The van der Waals surface area contributed by atoms with Crippen LogP contribution < -0.4 is 5.32 Å². The van der Waals surface area contributed by atoms with Crippen molar-refractivity contribution in [1.82, 2.24) is 14.8 Å². The van der Waals surface area contributed by atoms with Crippen molar-refractivity contribution in [3.8, 4) is 5.82 Å². The van der Waals surface area contributed by atoms with Crippen molar-refractivity contribution in [2.45, 2.75) is 12.8 Å². The molecule has 2 heterocycles. The van der Waals surface area contributed by atoms with Gasteiger partial charge in [0.1, 0.15) is 0 Å². The number of aromatic nitrogens is 3. The predicted octanol–water partition coefficient (Wildman–Crippen LogP) is 1.07. The molecule has 2 N–H and O–H groups in total. The van der Waals surface area contributed by atoms with E-state index < -0.39 is 5.97 Å². The highest BCUT2D eigenvalue weighted by Crippen LogP contribution is 2.16. The molecule has 7 nitrogen and oxygen atoms in total. The number of hydrogen-bond donors (Lipinski definition) is 2. The first-order valence-corrected chi connectivity index (χ1v) is 5.63. The highest BCUT2D eigenvalue weighted by Gasteiger charge is 2.10. The van der Waals surface area contributed by atoms with Crippen LogP contribution in [0.5, 0.6) is 0 Å². The van der Waals surface area contributed by atoms with Gasteiger partial charge in [-0.3, -0.25) is 9.59 Å². The highest BCUT2D eigenvalue weighted by atomic mass is 16.4. The van der Waals surface area contributed by atoms with Gasteiger partial charge in [-0.25, -0.2) is 9.67 Å². The fourth-order valence-corrected chi connectivity index (χ4v) is 1.50. The number of carbonyl (C=O) groups is 2. The molecule has 0 bridgehead atoms. The maximum absolute atomic E-state index is 11.6. The van der Waals surface area contributed by atoms with Gasteiger partial charge in [0, 0.05) is 25.0 Å². The van der Waals surface area contributed by atoms with Gasteiger partial charge >= 0.3 is 5.97 Å². The van der Waals surface area contributed by atoms with E-state index in [1.807, 2.05) is 0 Å². The Balaban J connectivity index is 2.12. The molecule has 1 amide bonds. The summed E-state index contributed by atoms with van der Waals surface area (Å²) in [7, 11) is 0. The summed E-state index contributed by atoms with van der Waals surface area (Å²) in [6.07, 6.45) is 4.61. The van der Waals surface area contributed by atoms with E-state index >= 15 is 0 Å². The molecule has 0 unspecified atom stereocenters. The van der Waals surface area contributed by atoms with Gasteiger partial charge in [0.25, 0.3) is 0 Å². The smallest absolute Gasteiger partial charge is 0.303 e. The first-order chi connectivity index (χ1) is 9.16. The molecule has 0 spiro atoms. The minimum Gasteiger partial charge on any atom is -0.481 e. The zero-order valence-corrected chi connectivity index (χ0v) is 9.98. The molecule has 2 aromatic heterocycles. The Labute approximate surface area is 108 Å². The maximum Gasteiger partial charge on any atom is 0.303 e. The van der Waals surface area contributed by atoms with Crippen molar-refractivity contribution >= 4 is 17.6 Å². The highest BCUT2D eigenvalue weighted by molar-refractivity contribution is 5.93. The SMILES string of the molecule is O=C(O)CCC(=O)Nc1cccnc1-n1cccn1. The summed E-state index contributed by atoms with van der Waals surface area (Å²) in [6.45, 7) is 0. The van der Waals surface area contributed by atoms with E-state index in [2.05, 4.69) is 15.4 Å². The number of nitrogens with one attached hydrogen (secondary N) is 1. The van der Waals surface area contributed by atoms with E-state index in [0.717, 1.165) is 0 Å². The maximum atomic E-state index is 11.6. The third-order valence-electron chi connectivity index (χ3n) is 2.35. The second-order valence-corrected chi connectivity index (χ2v) is 3.77. The molecule has 19 heavy (non-hydrogen) atoms. The quantitative estimate of drug-likeness (QED) is 0.838. The zero-order chi connectivity index (χ0) is 13.7. The third-order valence-corrected chi connectivity index (χ3v) is 2.35. The van der Waals surface area contributed by atoms with Gasteiger partial charge in [0.05, 0.1) is 12.1 Å². The van der Waals surface area contributed by atoms with E-state index in [4.69, 9.17) is 5.11 Å². The van der Waals surface area contributed by atoms with Gasteiger partial charge in [-0.05, 0) is 18.2 Å². The standard InChI is InChI=1S/C12H12N4O3/c17-10(4-5-11(18)19)15-9-3-1-6-13-12(9)16-8-2-7-14-16/h1-3,6-8H,4-5H2,(H,15,17)(H,18,19). The molecule has 0 saturated heterocycles. The Morgan fingerprint density at radius 2 is 2.11 bits per heavy atom. The van der Waals surface area contributed by atoms with Crippen molar-refractivity contribution in [1.29, 1.82) is 0 Å². The van der Waals surface area contributed by atoms with Crippen LogP contribution in [0.15, 0.2) is 36.8 Å². The number of carboxylic acids is 1. The molecule has 0 aliphatic carbocycles. The molecular weight excluding hydrogens is 248 g/mol. The van der Waals surface area contributed by atoms with Gasteiger partial charge in [-0.15, -0.1) is 0 Å².